The van der Waals surface area contributed by atoms with Gasteiger partial charge in [0.1, 0.15) is 0 Å². The average molecular weight is 454 g/mol. The van der Waals surface area contributed by atoms with Crippen LogP contribution in [0.5, 0.6) is 0 Å². The second-order valence-corrected chi connectivity index (χ2v) is 9.04. The van der Waals surface area contributed by atoms with E-state index in [1.54, 1.807) is 24.3 Å². The third-order valence-corrected chi connectivity index (χ3v) is 7.33. The highest BCUT2D eigenvalue weighted by molar-refractivity contribution is 6.31. The number of benzene rings is 2. The number of rotatable bonds is 5. The van der Waals surface area contributed by atoms with Crippen molar-refractivity contribution in [1.29, 1.82) is 0 Å². The number of carbonyl (C=O) groups excluding carboxylic acids is 3. The van der Waals surface area contributed by atoms with Gasteiger partial charge in [-0.25, -0.2) is 5.01 Å². The van der Waals surface area contributed by atoms with Crippen molar-refractivity contribution in [2.24, 2.45) is 23.7 Å². The highest BCUT2D eigenvalue weighted by atomic mass is 35.5. The maximum atomic E-state index is 13.5. The molecule has 0 unspecified atom stereocenters. The fourth-order valence-electron chi connectivity index (χ4n) is 5.55. The van der Waals surface area contributed by atoms with Crippen LogP contribution >= 0.6 is 11.6 Å². The second kappa shape index (κ2) is 7.70. The fraction of sp³-hybridized carbons (Fsp3) is 0.348. The number of amides is 3. The van der Waals surface area contributed by atoms with Gasteiger partial charge in [0.2, 0.25) is 0 Å². The summed E-state index contributed by atoms with van der Waals surface area (Å²) >= 11 is 6.30. The van der Waals surface area contributed by atoms with E-state index < -0.39 is 22.7 Å². The monoisotopic (exact) mass is 453 g/mol. The summed E-state index contributed by atoms with van der Waals surface area (Å²) in [5.74, 6) is -1.84. The van der Waals surface area contributed by atoms with E-state index >= 15 is 0 Å². The summed E-state index contributed by atoms with van der Waals surface area (Å²) in [7, 11) is 0. The molecular weight excluding hydrogens is 434 g/mol. The Morgan fingerprint density at radius 1 is 1.06 bits per heavy atom. The van der Waals surface area contributed by atoms with Gasteiger partial charge in [0.05, 0.1) is 23.3 Å². The smallest absolute Gasteiger partial charge is 0.272 e. The number of nitro groups is 1. The van der Waals surface area contributed by atoms with Crippen LogP contribution in [0.3, 0.4) is 0 Å². The van der Waals surface area contributed by atoms with Crippen LogP contribution < -0.4 is 0 Å². The van der Waals surface area contributed by atoms with Crippen LogP contribution in [0.2, 0.25) is 5.02 Å². The maximum absolute atomic E-state index is 13.5. The summed E-state index contributed by atoms with van der Waals surface area (Å²) in [5.41, 5.74) is 0.336. The number of carbonyl (C=O) groups is 3. The Labute approximate surface area is 188 Å². The molecule has 2 saturated carbocycles. The van der Waals surface area contributed by atoms with Gasteiger partial charge >= 0.3 is 0 Å². The molecule has 9 heteroatoms. The quantitative estimate of drug-likeness (QED) is 0.389. The molecule has 1 aliphatic heterocycles. The SMILES string of the molecule is O=C(c1cccc([N+](=O)[O-])c1)N(Cc1ccccc1Cl)N1C(=O)[C@@H]2[C@H]3CC[C@@H](C3)[C@@H]2C1=O. The number of hydrazine groups is 1. The minimum atomic E-state index is -0.664. The van der Waals surface area contributed by atoms with E-state index in [-0.39, 0.29) is 41.4 Å². The zero-order chi connectivity index (χ0) is 22.6. The third kappa shape index (κ3) is 3.17. The Morgan fingerprint density at radius 2 is 1.72 bits per heavy atom. The van der Waals surface area contributed by atoms with Crippen molar-refractivity contribution in [1.82, 2.24) is 10.0 Å². The highest BCUT2D eigenvalue weighted by Crippen LogP contribution is 2.56. The number of non-ortho nitro benzene ring substituents is 1. The molecule has 0 aromatic heterocycles. The van der Waals surface area contributed by atoms with Gasteiger partial charge in [-0.05, 0) is 48.8 Å². The zero-order valence-electron chi connectivity index (χ0n) is 17.0. The van der Waals surface area contributed by atoms with E-state index in [2.05, 4.69) is 0 Å². The number of hydrogen-bond acceptors (Lipinski definition) is 5. The molecule has 4 atom stereocenters. The lowest BCUT2D eigenvalue weighted by Gasteiger charge is -2.31. The van der Waals surface area contributed by atoms with Crippen molar-refractivity contribution in [3.8, 4) is 0 Å². The van der Waals surface area contributed by atoms with Gasteiger partial charge in [0.25, 0.3) is 23.4 Å². The zero-order valence-corrected chi connectivity index (χ0v) is 17.8. The second-order valence-electron chi connectivity index (χ2n) is 8.63. The lowest BCUT2D eigenvalue weighted by molar-refractivity contribution is -0.384. The molecule has 0 N–H and O–H groups in total. The van der Waals surface area contributed by atoms with E-state index in [4.69, 9.17) is 11.6 Å². The first-order valence-electron chi connectivity index (χ1n) is 10.5. The Morgan fingerprint density at radius 3 is 2.34 bits per heavy atom. The summed E-state index contributed by atoms with van der Waals surface area (Å²) in [5, 5.41) is 13.7. The molecular formula is C23H20ClN3O5. The lowest BCUT2D eigenvalue weighted by atomic mass is 9.81. The highest BCUT2D eigenvalue weighted by Gasteiger charge is 2.62. The summed E-state index contributed by atoms with van der Waals surface area (Å²) < 4.78 is 0. The Bertz CT molecular complexity index is 1120. The summed E-state index contributed by atoms with van der Waals surface area (Å²) in [6.45, 7) is -0.104. The van der Waals surface area contributed by atoms with Gasteiger partial charge in [0.15, 0.2) is 0 Å². The van der Waals surface area contributed by atoms with E-state index in [9.17, 15) is 24.5 Å². The van der Waals surface area contributed by atoms with Crippen LogP contribution in [-0.4, -0.2) is 32.7 Å². The molecule has 3 fully saturated rings. The number of hydrogen-bond donors (Lipinski definition) is 0. The predicted molar refractivity (Wildman–Crippen MR) is 114 cm³/mol. The van der Waals surface area contributed by atoms with Crippen molar-refractivity contribution >= 4 is 35.0 Å². The average Bonchev–Trinajstić information content (AvgIpc) is 3.47. The van der Waals surface area contributed by atoms with Gasteiger partial charge in [-0.1, -0.05) is 35.9 Å². The van der Waals surface area contributed by atoms with Crippen molar-refractivity contribution in [3.05, 3.63) is 74.8 Å². The number of nitrogens with zero attached hydrogens (tertiary/aromatic N) is 3. The first-order chi connectivity index (χ1) is 15.4. The van der Waals surface area contributed by atoms with E-state index in [0.717, 1.165) is 35.3 Å². The first kappa shape index (κ1) is 20.6. The van der Waals surface area contributed by atoms with E-state index in [1.807, 2.05) is 0 Å². The molecule has 5 rings (SSSR count). The van der Waals surface area contributed by atoms with Crippen molar-refractivity contribution in [3.63, 3.8) is 0 Å². The molecule has 0 radical (unpaired) electrons. The Kier molecular flexibility index (Phi) is 4.97. The molecule has 32 heavy (non-hydrogen) atoms. The van der Waals surface area contributed by atoms with E-state index in [0.29, 0.717) is 10.6 Å². The van der Waals surface area contributed by atoms with Crippen LogP contribution in [0.1, 0.15) is 35.2 Å². The largest absolute Gasteiger partial charge is 0.273 e. The number of nitro benzene ring substituents is 1. The molecule has 3 aliphatic rings. The Balaban J connectivity index is 1.55. The third-order valence-electron chi connectivity index (χ3n) is 6.96. The molecule has 1 heterocycles. The molecule has 2 aromatic rings. The normalized spacial score (nSPS) is 25.8. The van der Waals surface area contributed by atoms with Crippen molar-refractivity contribution in [2.45, 2.75) is 25.8 Å². The lowest BCUT2D eigenvalue weighted by Crippen LogP contribution is -2.50. The van der Waals surface area contributed by atoms with Crippen molar-refractivity contribution in [2.75, 3.05) is 0 Å². The topological polar surface area (TPSA) is 101 Å². The summed E-state index contributed by atoms with van der Waals surface area (Å²) in [6, 6.07) is 12.1. The molecule has 164 valence electrons. The van der Waals surface area contributed by atoms with Gasteiger partial charge in [-0.15, -0.1) is 0 Å². The van der Waals surface area contributed by atoms with Gasteiger partial charge < -0.3 is 0 Å². The Hall–Kier alpha value is -3.26. The van der Waals surface area contributed by atoms with Crippen LogP contribution in [0.15, 0.2) is 48.5 Å². The minimum absolute atomic E-state index is 0.0203. The van der Waals surface area contributed by atoms with Crippen LogP contribution in [0.25, 0.3) is 0 Å². The van der Waals surface area contributed by atoms with Crippen LogP contribution in [0.4, 0.5) is 5.69 Å². The van der Waals surface area contributed by atoms with Crippen LogP contribution in [0, 0.1) is 33.8 Å². The molecule has 8 nitrogen and oxygen atoms in total. The summed E-state index contributed by atoms with van der Waals surface area (Å²) in [4.78, 5) is 50.9. The molecule has 2 bridgehead atoms. The molecule has 3 amide bonds. The number of imide groups is 1. The maximum Gasteiger partial charge on any atom is 0.273 e. The molecule has 2 aromatic carbocycles. The van der Waals surface area contributed by atoms with E-state index in [1.165, 1.54) is 18.2 Å². The standard InChI is InChI=1S/C23H20ClN3O5/c24-18-7-2-1-4-16(18)12-25(21(28)15-5-3-6-17(11-15)27(31)32)26-22(29)19-13-8-9-14(10-13)20(19)23(26)30/h1-7,11,13-14,19-20H,8-10,12H2/t13-,14-,19-,20+/m0/s1. The number of fused-ring (bicyclic) bond motifs is 5. The fourth-order valence-corrected chi connectivity index (χ4v) is 5.75. The number of halogens is 1. The predicted octanol–water partition coefficient (Wildman–Crippen LogP) is 3.84. The van der Waals surface area contributed by atoms with Crippen molar-refractivity contribution < 1.29 is 19.3 Å². The van der Waals surface area contributed by atoms with Gasteiger partial charge in [-0.3, -0.25) is 24.5 Å². The first-order valence-corrected chi connectivity index (χ1v) is 10.9. The van der Waals surface area contributed by atoms with Gasteiger partial charge in [0, 0.05) is 22.7 Å². The van der Waals surface area contributed by atoms with Crippen LogP contribution in [-0.2, 0) is 16.1 Å². The molecule has 0 spiro atoms. The minimum Gasteiger partial charge on any atom is -0.272 e. The summed E-state index contributed by atoms with van der Waals surface area (Å²) in [6.07, 6.45) is 2.72. The molecule has 2 aliphatic carbocycles. The molecule has 1 saturated heterocycles. The van der Waals surface area contributed by atoms with Gasteiger partial charge in [-0.2, -0.15) is 5.01 Å².